The molecule has 1 aliphatic carbocycles. The molecule has 1 unspecified atom stereocenters. The van der Waals surface area contributed by atoms with Crippen LogP contribution < -0.4 is 4.74 Å². The van der Waals surface area contributed by atoms with Crippen molar-refractivity contribution in [2.24, 2.45) is 0 Å². The zero-order valence-corrected chi connectivity index (χ0v) is 11.6. The number of esters is 1. The summed E-state index contributed by atoms with van der Waals surface area (Å²) in [4.78, 5) is 23.4. The molecule has 2 aromatic carbocycles. The van der Waals surface area contributed by atoms with Crippen molar-refractivity contribution in [2.45, 2.75) is 25.2 Å². The number of rotatable bonds is 4. The van der Waals surface area contributed by atoms with Gasteiger partial charge in [0, 0.05) is 0 Å². The topological polar surface area (TPSA) is 43.4 Å². The highest BCUT2D eigenvalue weighted by molar-refractivity contribution is 5.95. The standard InChI is InChI=1S/C18H16O3/c19-12-17(14-5-2-1-3-6-14)18(20)21-16-10-9-13-7-4-8-15(13)11-16/h1-3,5-6,9-12,17H,4,7-8H2. The van der Waals surface area contributed by atoms with E-state index in [-0.39, 0.29) is 0 Å². The first kappa shape index (κ1) is 13.6. The van der Waals surface area contributed by atoms with E-state index >= 15 is 0 Å². The first-order valence-corrected chi connectivity index (χ1v) is 7.11. The summed E-state index contributed by atoms with van der Waals surface area (Å²) in [5.41, 5.74) is 3.21. The molecule has 3 heteroatoms. The van der Waals surface area contributed by atoms with E-state index in [4.69, 9.17) is 4.74 Å². The van der Waals surface area contributed by atoms with Crippen LogP contribution >= 0.6 is 0 Å². The molecule has 0 heterocycles. The van der Waals surface area contributed by atoms with Crippen molar-refractivity contribution in [3.8, 4) is 5.75 Å². The van der Waals surface area contributed by atoms with E-state index in [0.29, 0.717) is 17.6 Å². The summed E-state index contributed by atoms with van der Waals surface area (Å²) >= 11 is 0. The van der Waals surface area contributed by atoms with E-state index < -0.39 is 11.9 Å². The van der Waals surface area contributed by atoms with E-state index in [9.17, 15) is 9.59 Å². The molecule has 3 rings (SSSR count). The fourth-order valence-corrected chi connectivity index (χ4v) is 2.72. The van der Waals surface area contributed by atoms with Crippen LogP contribution in [-0.2, 0) is 22.4 Å². The third-order valence-electron chi connectivity index (χ3n) is 3.84. The average molecular weight is 280 g/mol. The van der Waals surface area contributed by atoms with Crippen molar-refractivity contribution in [2.75, 3.05) is 0 Å². The first-order chi connectivity index (χ1) is 10.3. The minimum absolute atomic E-state index is 0.517. The van der Waals surface area contributed by atoms with Crippen LogP contribution in [0.4, 0.5) is 0 Å². The largest absolute Gasteiger partial charge is 0.426 e. The van der Waals surface area contributed by atoms with E-state index in [1.54, 1.807) is 30.3 Å². The molecule has 1 atom stereocenters. The Kier molecular flexibility index (Phi) is 3.82. The van der Waals surface area contributed by atoms with Gasteiger partial charge in [-0.2, -0.15) is 0 Å². The molecule has 0 saturated heterocycles. The lowest BCUT2D eigenvalue weighted by atomic mass is 10.0. The molecule has 0 N–H and O–H groups in total. The molecule has 0 bridgehead atoms. The molecule has 0 radical (unpaired) electrons. The number of benzene rings is 2. The minimum Gasteiger partial charge on any atom is -0.426 e. The number of ether oxygens (including phenoxy) is 1. The van der Waals surface area contributed by atoms with Crippen LogP contribution in [0.5, 0.6) is 5.75 Å². The summed E-state index contributed by atoms with van der Waals surface area (Å²) in [6.07, 6.45) is 3.89. The van der Waals surface area contributed by atoms with Crippen molar-refractivity contribution in [3.05, 3.63) is 65.2 Å². The molecule has 1 aliphatic rings. The number of aldehydes is 1. The van der Waals surface area contributed by atoms with Crippen molar-refractivity contribution in [1.29, 1.82) is 0 Å². The Morgan fingerprint density at radius 3 is 2.57 bits per heavy atom. The van der Waals surface area contributed by atoms with Gasteiger partial charge in [-0.15, -0.1) is 0 Å². The minimum atomic E-state index is -0.876. The molecule has 0 spiro atoms. The predicted molar refractivity (Wildman–Crippen MR) is 79.3 cm³/mol. The third kappa shape index (κ3) is 2.87. The Hall–Kier alpha value is -2.42. The number of aryl methyl sites for hydroxylation is 2. The monoisotopic (exact) mass is 280 g/mol. The van der Waals surface area contributed by atoms with Gasteiger partial charge in [-0.05, 0) is 48.1 Å². The predicted octanol–water partition coefficient (Wildman–Crippen LogP) is 3.06. The molecule has 21 heavy (non-hydrogen) atoms. The fourth-order valence-electron chi connectivity index (χ4n) is 2.72. The van der Waals surface area contributed by atoms with Gasteiger partial charge in [0.15, 0.2) is 0 Å². The van der Waals surface area contributed by atoms with Crippen LogP contribution in [0.2, 0.25) is 0 Å². The summed E-state index contributed by atoms with van der Waals surface area (Å²) in [6.45, 7) is 0. The van der Waals surface area contributed by atoms with E-state index in [1.807, 2.05) is 18.2 Å². The van der Waals surface area contributed by atoms with E-state index in [1.165, 1.54) is 11.1 Å². The highest BCUT2D eigenvalue weighted by Crippen LogP contribution is 2.27. The average Bonchev–Trinajstić information content (AvgIpc) is 2.96. The van der Waals surface area contributed by atoms with Gasteiger partial charge in [-0.3, -0.25) is 4.79 Å². The van der Waals surface area contributed by atoms with Gasteiger partial charge in [-0.1, -0.05) is 36.4 Å². The van der Waals surface area contributed by atoms with Gasteiger partial charge < -0.3 is 9.53 Å². The quantitative estimate of drug-likeness (QED) is 0.374. The van der Waals surface area contributed by atoms with Crippen LogP contribution in [0.15, 0.2) is 48.5 Å². The summed E-state index contributed by atoms with van der Waals surface area (Å²) in [6, 6.07) is 14.7. The molecular formula is C18H16O3. The van der Waals surface area contributed by atoms with Gasteiger partial charge in [0.25, 0.3) is 0 Å². The molecule has 2 aromatic rings. The number of hydrogen-bond donors (Lipinski definition) is 0. The van der Waals surface area contributed by atoms with Crippen LogP contribution in [0.25, 0.3) is 0 Å². The second-order valence-electron chi connectivity index (χ2n) is 5.23. The van der Waals surface area contributed by atoms with Gasteiger partial charge in [0.05, 0.1) is 0 Å². The summed E-state index contributed by atoms with van der Waals surface area (Å²) in [5, 5.41) is 0. The Labute approximate surface area is 123 Å². The SMILES string of the molecule is O=CC(C(=O)Oc1ccc2c(c1)CCC2)c1ccccc1. The highest BCUT2D eigenvalue weighted by atomic mass is 16.5. The number of fused-ring (bicyclic) bond motifs is 1. The van der Waals surface area contributed by atoms with Crippen molar-refractivity contribution in [1.82, 2.24) is 0 Å². The lowest BCUT2D eigenvalue weighted by Gasteiger charge is -2.11. The normalized spacial score (nSPS) is 14.3. The number of hydrogen-bond acceptors (Lipinski definition) is 3. The van der Waals surface area contributed by atoms with Crippen molar-refractivity contribution in [3.63, 3.8) is 0 Å². The zero-order valence-electron chi connectivity index (χ0n) is 11.6. The number of carbonyl (C=O) groups is 2. The summed E-state index contributed by atoms with van der Waals surface area (Å²) < 4.78 is 5.38. The molecule has 0 saturated carbocycles. The zero-order chi connectivity index (χ0) is 14.7. The molecule has 0 fully saturated rings. The highest BCUT2D eigenvalue weighted by Gasteiger charge is 2.22. The van der Waals surface area contributed by atoms with E-state index in [0.717, 1.165) is 19.3 Å². The Morgan fingerprint density at radius 2 is 1.81 bits per heavy atom. The van der Waals surface area contributed by atoms with Gasteiger partial charge in [0.1, 0.15) is 18.0 Å². The van der Waals surface area contributed by atoms with Gasteiger partial charge >= 0.3 is 5.97 Å². The maximum atomic E-state index is 12.2. The lowest BCUT2D eigenvalue weighted by molar-refractivity contribution is -0.137. The van der Waals surface area contributed by atoms with Crippen LogP contribution in [0.3, 0.4) is 0 Å². The maximum absolute atomic E-state index is 12.2. The fraction of sp³-hybridized carbons (Fsp3) is 0.222. The molecular weight excluding hydrogens is 264 g/mol. The van der Waals surface area contributed by atoms with Crippen LogP contribution in [-0.4, -0.2) is 12.3 Å². The van der Waals surface area contributed by atoms with Crippen LogP contribution in [0.1, 0.15) is 29.0 Å². The second-order valence-corrected chi connectivity index (χ2v) is 5.23. The smallest absolute Gasteiger partial charge is 0.326 e. The third-order valence-corrected chi connectivity index (χ3v) is 3.84. The molecule has 0 aromatic heterocycles. The lowest BCUT2D eigenvalue weighted by Crippen LogP contribution is -2.20. The summed E-state index contributed by atoms with van der Waals surface area (Å²) in [7, 11) is 0. The van der Waals surface area contributed by atoms with E-state index in [2.05, 4.69) is 0 Å². The van der Waals surface area contributed by atoms with Crippen molar-refractivity contribution >= 4 is 12.3 Å². The number of carbonyl (C=O) groups excluding carboxylic acids is 2. The molecule has 106 valence electrons. The van der Waals surface area contributed by atoms with Gasteiger partial charge in [0.2, 0.25) is 0 Å². The van der Waals surface area contributed by atoms with Crippen molar-refractivity contribution < 1.29 is 14.3 Å². The summed E-state index contributed by atoms with van der Waals surface area (Å²) in [5.74, 6) is -0.892. The molecule has 3 nitrogen and oxygen atoms in total. The maximum Gasteiger partial charge on any atom is 0.326 e. The first-order valence-electron chi connectivity index (χ1n) is 7.11. The Morgan fingerprint density at radius 1 is 1.05 bits per heavy atom. The Bertz CT molecular complexity index is 661. The second kappa shape index (κ2) is 5.92. The van der Waals surface area contributed by atoms with Gasteiger partial charge in [-0.25, -0.2) is 0 Å². The molecule has 0 aliphatic heterocycles. The van der Waals surface area contributed by atoms with Crippen LogP contribution in [0, 0.1) is 0 Å². The Balaban J connectivity index is 1.77. The molecule has 0 amide bonds.